The number of hydroxylamine groups is 2. The van der Waals surface area contributed by atoms with Crippen LogP contribution in [0, 0.1) is 0 Å². The third kappa shape index (κ3) is 6.80. The zero-order chi connectivity index (χ0) is 22.8. The van der Waals surface area contributed by atoms with Gasteiger partial charge in [-0.05, 0) is 54.4 Å². The predicted molar refractivity (Wildman–Crippen MR) is 103 cm³/mol. The van der Waals surface area contributed by atoms with Gasteiger partial charge in [0.2, 0.25) is 5.76 Å². The molecular weight excluding hydrogens is 386 g/mol. The van der Waals surface area contributed by atoms with Crippen LogP contribution in [0.5, 0.6) is 0 Å². The monoisotopic (exact) mass is 421 g/mol. The van der Waals surface area contributed by atoms with Gasteiger partial charge >= 0.3 is 5.97 Å². The molecule has 1 fully saturated rings. The molecule has 0 radical (unpaired) electrons. The predicted octanol–water partition coefficient (Wildman–Crippen LogP) is 0.295. The van der Waals surface area contributed by atoms with Gasteiger partial charge in [-0.3, -0.25) is 4.84 Å². The van der Waals surface area contributed by atoms with Crippen molar-refractivity contribution in [1.29, 1.82) is 0 Å². The van der Waals surface area contributed by atoms with Crippen molar-refractivity contribution in [3.8, 4) is 0 Å². The second-order valence-electron chi connectivity index (χ2n) is 9.38. The number of piperidine rings is 1. The molecule has 2 aliphatic rings. The molecule has 2 heterocycles. The van der Waals surface area contributed by atoms with Crippen LogP contribution in [0.15, 0.2) is 11.5 Å². The van der Waals surface area contributed by atoms with Gasteiger partial charge in [-0.2, -0.15) is 5.06 Å². The number of esters is 1. The molecular formula is C19H35NO9. The van der Waals surface area contributed by atoms with Crippen LogP contribution in [0.2, 0.25) is 0 Å². The van der Waals surface area contributed by atoms with Gasteiger partial charge in [0.1, 0.15) is 6.10 Å². The molecule has 0 aromatic rings. The average molecular weight is 421 g/mol. The molecule has 0 spiro atoms. The summed E-state index contributed by atoms with van der Waals surface area (Å²) in [6.45, 7) is 11.3. The molecule has 2 unspecified atom stereocenters. The van der Waals surface area contributed by atoms with Gasteiger partial charge in [0.05, 0.1) is 24.9 Å². The fourth-order valence-electron chi connectivity index (χ4n) is 3.61. The fraction of sp³-hybridized carbons (Fsp3) is 0.842. The molecule has 2 atom stereocenters. The standard InChI is InChI=1S/C13H27NO3.C6H8O6/c1-11(2)7-10(15)8-12(3,4)14(11)17-9-13(5,6)16;7-1-2(8)5-3(9)4(10)6(11)12-5/h10,15-16H,7-9H2,1-6H3;2,5,7-10H,1H2. The maximum Gasteiger partial charge on any atom is 0.377 e. The van der Waals surface area contributed by atoms with Crippen LogP contribution < -0.4 is 0 Å². The Morgan fingerprint density at radius 3 is 2.03 bits per heavy atom. The lowest BCUT2D eigenvalue weighted by Gasteiger charge is -2.53. The topological polar surface area (TPSA) is 160 Å². The van der Waals surface area contributed by atoms with Crippen molar-refractivity contribution in [3.63, 3.8) is 0 Å². The Labute approximate surface area is 170 Å². The van der Waals surface area contributed by atoms with Crippen LogP contribution in [0.4, 0.5) is 0 Å². The Morgan fingerprint density at radius 1 is 1.21 bits per heavy atom. The van der Waals surface area contributed by atoms with E-state index in [4.69, 9.17) is 25.3 Å². The first-order chi connectivity index (χ1) is 13.0. The van der Waals surface area contributed by atoms with Crippen LogP contribution in [0.1, 0.15) is 54.4 Å². The molecule has 0 saturated carbocycles. The van der Waals surface area contributed by atoms with E-state index in [1.165, 1.54) is 0 Å². The summed E-state index contributed by atoms with van der Waals surface area (Å²) in [5, 5.41) is 56.6. The first kappa shape index (κ1) is 25.6. The lowest BCUT2D eigenvalue weighted by molar-refractivity contribution is -0.306. The van der Waals surface area contributed by atoms with Gasteiger partial charge in [0, 0.05) is 11.1 Å². The lowest BCUT2D eigenvalue weighted by Crippen LogP contribution is -2.62. The van der Waals surface area contributed by atoms with E-state index < -0.39 is 41.9 Å². The second kappa shape index (κ2) is 9.15. The number of hydrogen-bond donors (Lipinski definition) is 6. The molecule has 0 aromatic heterocycles. The van der Waals surface area contributed by atoms with Gasteiger partial charge in [-0.25, -0.2) is 4.79 Å². The molecule has 10 heteroatoms. The number of ether oxygens (including phenoxy) is 1. The Hall–Kier alpha value is -1.43. The molecule has 6 N–H and O–H groups in total. The molecule has 10 nitrogen and oxygen atoms in total. The van der Waals surface area contributed by atoms with Gasteiger partial charge in [0.15, 0.2) is 11.9 Å². The van der Waals surface area contributed by atoms with Gasteiger partial charge < -0.3 is 35.4 Å². The van der Waals surface area contributed by atoms with Crippen molar-refractivity contribution in [2.24, 2.45) is 0 Å². The van der Waals surface area contributed by atoms with E-state index >= 15 is 0 Å². The molecule has 1 saturated heterocycles. The van der Waals surface area contributed by atoms with Gasteiger partial charge in [-0.15, -0.1) is 0 Å². The first-order valence-electron chi connectivity index (χ1n) is 9.47. The summed E-state index contributed by atoms with van der Waals surface area (Å²) in [5.41, 5.74) is -1.30. The fourth-order valence-corrected chi connectivity index (χ4v) is 3.61. The Balaban J connectivity index is 0.000000308. The maximum atomic E-state index is 10.5. The highest BCUT2D eigenvalue weighted by Gasteiger charge is 2.46. The Bertz CT molecular complexity index is 591. The number of cyclic esters (lactones) is 1. The van der Waals surface area contributed by atoms with Crippen molar-refractivity contribution in [2.45, 2.75) is 89.4 Å². The maximum absolute atomic E-state index is 10.5. The first-order valence-corrected chi connectivity index (χ1v) is 9.47. The number of hydrogen-bond acceptors (Lipinski definition) is 10. The number of rotatable bonds is 5. The van der Waals surface area contributed by atoms with Crippen molar-refractivity contribution in [3.05, 3.63) is 11.5 Å². The number of aliphatic hydroxyl groups excluding tert-OH is 5. The Kier molecular flexibility index (Phi) is 8.08. The average Bonchev–Trinajstić information content (AvgIpc) is 2.78. The molecule has 2 rings (SSSR count). The molecule has 0 aliphatic carbocycles. The second-order valence-corrected chi connectivity index (χ2v) is 9.38. The number of aliphatic hydroxyl groups is 6. The SMILES string of the molecule is CC(C)(O)CON1C(C)(C)CC(O)CC1(C)C.O=C1OC(C(O)CO)C(O)=C1O. The molecule has 0 aromatic carbocycles. The van der Waals surface area contributed by atoms with Crippen molar-refractivity contribution in [2.75, 3.05) is 13.2 Å². The van der Waals surface area contributed by atoms with E-state index in [2.05, 4.69) is 32.4 Å². The number of carbonyl (C=O) groups is 1. The lowest BCUT2D eigenvalue weighted by atomic mass is 9.80. The summed E-state index contributed by atoms with van der Waals surface area (Å²) in [6.07, 6.45) is -1.70. The highest BCUT2D eigenvalue weighted by molar-refractivity contribution is 5.89. The minimum Gasteiger partial charge on any atom is -0.505 e. The van der Waals surface area contributed by atoms with E-state index in [0.29, 0.717) is 12.8 Å². The summed E-state index contributed by atoms with van der Waals surface area (Å²) in [4.78, 5) is 16.3. The molecule has 2 aliphatic heterocycles. The van der Waals surface area contributed by atoms with Crippen LogP contribution in [0.25, 0.3) is 0 Å². The smallest absolute Gasteiger partial charge is 0.377 e. The highest BCUT2D eigenvalue weighted by Crippen LogP contribution is 2.38. The van der Waals surface area contributed by atoms with Crippen LogP contribution >= 0.6 is 0 Å². The molecule has 29 heavy (non-hydrogen) atoms. The minimum absolute atomic E-state index is 0.230. The van der Waals surface area contributed by atoms with Crippen LogP contribution in [-0.2, 0) is 14.4 Å². The largest absolute Gasteiger partial charge is 0.505 e. The van der Waals surface area contributed by atoms with E-state index in [1.807, 2.05) is 5.06 Å². The summed E-state index contributed by atoms with van der Waals surface area (Å²) >= 11 is 0. The van der Waals surface area contributed by atoms with Gasteiger partial charge in [-0.1, -0.05) is 0 Å². The number of carbonyl (C=O) groups excluding carboxylic acids is 1. The third-order valence-electron chi connectivity index (χ3n) is 4.59. The minimum atomic E-state index is -1.42. The highest BCUT2D eigenvalue weighted by atomic mass is 16.7. The third-order valence-corrected chi connectivity index (χ3v) is 4.59. The summed E-state index contributed by atoms with van der Waals surface area (Å²) < 4.78 is 4.32. The molecule has 0 amide bonds. The summed E-state index contributed by atoms with van der Waals surface area (Å²) in [6, 6.07) is 0. The zero-order valence-corrected chi connectivity index (χ0v) is 17.9. The van der Waals surface area contributed by atoms with Crippen LogP contribution in [-0.4, -0.2) is 89.9 Å². The summed E-state index contributed by atoms with van der Waals surface area (Å²) in [7, 11) is 0. The van der Waals surface area contributed by atoms with E-state index in [9.17, 15) is 15.0 Å². The van der Waals surface area contributed by atoms with E-state index in [1.54, 1.807) is 13.8 Å². The number of nitrogens with zero attached hydrogens (tertiary/aromatic N) is 1. The van der Waals surface area contributed by atoms with Gasteiger partial charge in [0.25, 0.3) is 0 Å². The van der Waals surface area contributed by atoms with E-state index in [0.717, 1.165) is 0 Å². The Morgan fingerprint density at radius 2 is 1.69 bits per heavy atom. The quantitative estimate of drug-likeness (QED) is 0.341. The zero-order valence-electron chi connectivity index (χ0n) is 17.9. The van der Waals surface area contributed by atoms with Crippen molar-refractivity contribution >= 4 is 5.97 Å². The van der Waals surface area contributed by atoms with Crippen molar-refractivity contribution in [1.82, 2.24) is 5.06 Å². The summed E-state index contributed by atoms with van der Waals surface area (Å²) in [5.74, 6) is -2.78. The normalized spacial score (nSPS) is 26.0. The van der Waals surface area contributed by atoms with Crippen molar-refractivity contribution < 1.29 is 45.0 Å². The van der Waals surface area contributed by atoms with E-state index in [-0.39, 0.29) is 23.8 Å². The van der Waals surface area contributed by atoms with Crippen LogP contribution in [0.3, 0.4) is 0 Å². The molecule has 170 valence electrons. The molecule has 0 bridgehead atoms.